The monoisotopic (exact) mass is 264 g/mol. The number of hydrogen-bond acceptors (Lipinski definition) is 4. The number of pyridine rings is 1. The first-order valence-electron chi connectivity index (χ1n) is 6.16. The summed E-state index contributed by atoms with van der Waals surface area (Å²) in [7, 11) is 3.47. The van der Waals surface area contributed by atoms with Gasteiger partial charge in [0.2, 0.25) is 0 Å². The summed E-state index contributed by atoms with van der Waals surface area (Å²) in [4.78, 5) is 4.32. The van der Waals surface area contributed by atoms with Crippen LogP contribution in [0.15, 0.2) is 18.5 Å². The van der Waals surface area contributed by atoms with Gasteiger partial charge in [-0.2, -0.15) is 0 Å². The molecule has 2 aromatic heterocycles. The van der Waals surface area contributed by atoms with Gasteiger partial charge in [-0.3, -0.25) is 0 Å². The number of fused-ring (bicyclic) bond motifs is 1. The molecule has 0 amide bonds. The van der Waals surface area contributed by atoms with Crippen LogP contribution in [0.5, 0.6) is 5.75 Å². The first-order valence-corrected chi connectivity index (χ1v) is 6.16. The summed E-state index contributed by atoms with van der Waals surface area (Å²) in [6, 6.07) is 1.85. The van der Waals surface area contributed by atoms with Crippen LogP contribution in [0.25, 0.3) is 11.0 Å². The molecule has 0 saturated carbocycles. The number of aryl methyl sites for hydroxylation is 1. The molecule has 0 bridgehead atoms. The molecule has 0 saturated heterocycles. The maximum Gasteiger partial charge on any atom is 0.183 e. The van der Waals surface area contributed by atoms with Crippen molar-refractivity contribution < 1.29 is 14.6 Å². The van der Waals surface area contributed by atoms with E-state index >= 15 is 0 Å². The van der Waals surface area contributed by atoms with E-state index in [-0.39, 0.29) is 0 Å². The molecule has 0 aliphatic carbocycles. The zero-order valence-corrected chi connectivity index (χ0v) is 12.0. The SMILES string of the molecule is COc1cnc2c(c1)c(C(O)OC(C)(C)C)cn2C. The molecule has 0 radical (unpaired) electrons. The highest BCUT2D eigenvalue weighted by molar-refractivity contribution is 5.82. The van der Waals surface area contributed by atoms with E-state index in [0.29, 0.717) is 11.3 Å². The van der Waals surface area contributed by atoms with Crippen LogP contribution in [-0.2, 0) is 11.8 Å². The number of rotatable bonds is 3. The summed E-state index contributed by atoms with van der Waals surface area (Å²) in [6.07, 6.45) is 2.49. The van der Waals surface area contributed by atoms with Crippen LogP contribution in [-0.4, -0.2) is 27.4 Å². The van der Waals surface area contributed by atoms with Crippen LogP contribution in [0, 0.1) is 0 Å². The Labute approximate surface area is 112 Å². The highest BCUT2D eigenvalue weighted by atomic mass is 16.6. The van der Waals surface area contributed by atoms with Crippen molar-refractivity contribution in [1.29, 1.82) is 0 Å². The molecule has 5 nitrogen and oxygen atoms in total. The van der Waals surface area contributed by atoms with Crippen LogP contribution in [0.2, 0.25) is 0 Å². The fourth-order valence-corrected chi connectivity index (χ4v) is 1.98. The predicted molar refractivity (Wildman–Crippen MR) is 73.1 cm³/mol. The van der Waals surface area contributed by atoms with Gasteiger partial charge in [0.05, 0.1) is 18.9 Å². The molecule has 0 spiro atoms. The van der Waals surface area contributed by atoms with Crippen LogP contribution in [0.1, 0.15) is 32.6 Å². The Morgan fingerprint density at radius 1 is 1.37 bits per heavy atom. The van der Waals surface area contributed by atoms with Crippen LogP contribution in [0.3, 0.4) is 0 Å². The average molecular weight is 264 g/mol. The Balaban J connectivity index is 2.47. The highest BCUT2D eigenvalue weighted by Crippen LogP contribution is 2.30. The van der Waals surface area contributed by atoms with E-state index in [4.69, 9.17) is 9.47 Å². The molecule has 2 aromatic rings. The molecular formula is C14H20N2O3. The second-order valence-electron chi connectivity index (χ2n) is 5.52. The van der Waals surface area contributed by atoms with Gasteiger partial charge in [-0.25, -0.2) is 4.98 Å². The third kappa shape index (κ3) is 2.88. The van der Waals surface area contributed by atoms with E-state index < -0.39 is 11.9 Å². The maximum absolute atomic E-state index is 10.2. The molecule has 1 N–H and O–H groups in total. The molecule has 2 rings (SSSR count). The zero-order valence-electron chi connectivity index (χ0n) is 12.0. The fourth-order valence-electron chi connectivity index (χ4n) is 1.98. The lowest BCUT2D eigenvalue weighted by Gasteiger charge is -2.23. The number of hydrogen-bond donors (Lipinski definition) is 1. The molecule has 0 aromatic carbocycles. The van der Waals surface area contributed by atoms with Gasteiger partial charge in [0.25, 0.3) is 0 Å². The van der Waals surface area contributed by atoms with Gasteiger partial charge < -0.3 is 19.1 Å². The van der Waals surface area contributed by atoms with Gasteiger partial charge >= 0.3 is 0 Å². The van der Waals surface area contributed by atoms with Gasteiger partial charge in [-0.05, 0) is 26.8 Å². The van der Waals surface area contributed by atoms with Gasteiger partial charge in [0.15, 0.2) is 6.29 Å². The van der Waals surface area contributed by atoms with Crippen LogP contribution >= 0.6 is 0 Å². The molecule has 1 unspecified atom stereocenters. The van der Waals surface area contributed by atoms with Crippen molar-refractivity contribution in [3.63, 3.8) is 0 Å². The van der Waals surface area contributed by atoms with E-state index in [1.807, 2.05) is 44.6 Å². The molecule has 2 heterocycles. The predicted octanol–water partition coefficient (Wildman–Crippen LogP) is 2.39. The number of methoxy groups -OCH3 is 1. The summed E-state index contributed by atoms with van der Waals surface area (Å²) >= 11 is 0. The third-order valence-corrected chi connectivity index (χ3v) is 2.79. The Bertz CT molecular complexity index is 584. The Morgan fingerprint density at radius 2 is 2.05 bits per heavy atom. The van der Waals surface area contributed by atoms with Crippen molar-refractivity contribution in [3.05, 3.63) is 24.0 Å². The fraction of sp³-hybridized carbons (Fsp3) is 0.500. The lowest BCUT2D eigenvalue weighted by molar-refractivity contribution is -0.168. The summed E-state index contributed by atoms with van der Waals surface area (Å²) in [5, 5.41) is 11.1. The number of aliphatic hydroxyl groups excluding tert-OH is 1. The van der Waals surface area contributed by atoms with Crippen molar-refractivity contribution in [1.82, 2.24) is 9.55 Å². The van der Waals surface area contributed by atoms with Gasteiger partial charge in [-0.1, -0.05) is 0 Å². The summed E-state index contributed by atoms with van der Waals surface area (Å²) in [6.45, 7) is 5.71. The third-order valence-electron chi connectivity index (χ3n) is 2.79. The minimum Gasteiger partial charge on any atom is -0.495 e. The van der Waals surface area contributed by atoms with Crippen LogP contribution in [0.4, 0.5) is 0 Å². The van der Waals surface area contributed by atoms with E-state index in [0.717, 1.165) is 11.0 Å². The van der Waals surface area contributed by atoms with Crippen LogP contribution < -0.4 is 4.74 Å². The van der Waals surface area contributed by atoms with E-state index in [1.165, 1.54) is 0 Å². The molecule has 104 valence electrons. The van der Waals surface area contributed by atoms with Crippen molar-refractivity contribution in [2.75, 3.05) is 7.11 Å². The van der Waals surface area contributed by atoms with Crippen molar-refractivity contribution >= 4 is 11.0 Å². The smallest absolute Gasteiger partial charge is 0.183 e. The Hall–Kier alpha value is -1.59. The maximum atomic E-state index is 10.2. The first-order chi connectivity index (χ1) is 8.81. The number of aromatic nitrogens is 2. The molecule has 0 fully saturated rings. The quantitative estimate of drug-likeness (QED) is 0.865. The van der Waals surface area contributed by atoms with Crippen molar-refractivity contribution in [3.8, 4) is 5.75 Å². The zero-order chi connectivity index (χ0) is 14.2. The number of nitrogens with zero attached hydrogens (tertiary/aromatic N) is 2. The van der Waals surface area contributed by atoms with Gasteiger partial charge in [0, 0.05) is 24.2 Å². The normalized spacial score (nSPS) is 13.8. The molecule has 19 heavy (non-hydrogen) atoms. The van der Waals surface area contributed by atoms with E-state index in [9.17, 15) is 5.11 Å². The highest BCUT2D eigenvalue weighted by Gasteiger charge is 2.22. The van der Waals surface area contributed by atoms with E-state index in [1.54, 1.807) is 13.3 Å². The molecular weight excluding hydrogens is 244 g/mol. The lowest BCUT2D eigenvalue weighted by Crippen LogP contribution is -2.22. The Kier molecular flexibility index (Phi) is 3.52. The molecule has 0 aliphatic heterocycles. The van der Waals surface area contributed by atoms with Crippen molar-refractivity contribution in [2.24, 2.45) is 7.05 Å². The van der Waals surface area contributed by atoms with E-state index in [2.05, 4.69) is 4.98 Å². The minimum absolute atomic E-state index is 0.423. The topological polar surface area (TPSA) is 56.5 Å². The van der Waals surface area contributed by atoms with Crippen molar-refractivity contribution in [2.45, 2.75) is 32.7 Å². The first kappa shape index (κ1) is 13.8. The Morgan fingerprint density at radius 3 is 2.63 bits per heavy atom. The lowest BCUT2D eigenvalue weighted by atomic mass is 10.1. The summed E-state index contributed by atoms with van der Waals surface area (Å²) in [5.74, 6) is 0.655. The molecule has 1 atom stereocenters. The second kappa shape index (κ2) is 4.83. The van der Waals surface area contributed by atoms with Gasteiger partial charge in [0.1, 0.15) is 11.4 Å². The summed E-state index contributed by atoms with van der Waals surface area (Å²) in [5.41, 5.74) is 1.06. The second-order valence-corrected chi connectivity index (χ2v) is 5.52. The molecule has 5 heteroatoms. The molecule has 0 aliphatic rings. The van der Waals surface area contributed by atoms with Gasteiger partial charge in [-0.15, -0.1) is 0 Å². The average Bonchev–Trinajstić information content (AvgIpc) is 2.64. The standard InChI is InChI=1S/C14H20N2O3/c1-14(2,3)19-13(17)11-8-16(4)12-10(11)6-9(18-5)7-15-12/h6-8,13,17H,1-5H3. The summed E-state index contributed by atoms with van der Waals surface area (Å²) < 4.78 is 12.6. The minimum atomic E-state index is -0.988. The number of aliphatic hydroxyl groups is 1. The largest absolute Gasteiger partial charge is 0.495 e. The number of ether oxygens (including phenoxy) is 2.